The summed E-state index contributed by atoms with van der Waals surface area (Å²) < 4.78 is 73.6. The van der Waals surface area contributed by atoms with Crippen LogP contribution in [0.5, 0.6) is 0 Å². The van der Waals surface area contributed by atoms with Crippen molar-refractivity contribution in [1.82, 2.24) is 0 Å². The van der Waals surface area contributed by atoms with E-state index >= 15 is 0 Å². The Labute approximate surface area is 398 Å². The molecule has 0 radical (unpaired) electrons. The quantitative estimate of drug-likeness (QED) is 0.0194. The van der Waals surface area contributed by atoms with Crippen LogP contribution >= 0.6 is 0 Å². The molecule has 0 aliphatic heterocycles. The summed E-state index contributed by atoms with van der Waals surface area (Å²) in [5.74, 6) is 0.0426. The Kier molecular flexibility index (Phi) is 53.5. The van der Waals surface area contributed by atoms with Gasteiger partial charge in [0.2, 0.25) is 20.8 Å². The molecule has 0 aromatic heterocycles. The summed E-state index contributed by atoms with van der Waals surface area (Å²) in [4.78, 5) is 0. The maximum Gasteiger partial charge on any atom is 2.00 e. The molecule has 59 heavy (non-hydrogen) atoms. The average Bonchev–Trinajstić information content (AvgIpc) is 3.18. The Bertz CT molecular complexity index is 1010. The van der Waals surface area contributed by atoms with Gasteiger partial charge in [-0.05, 0) is 38.5 Å². The molecule has 0 aromatic carbocycles. The third kappa shape index (κ3) is 58.5. The zero-order valence-corrected chi connectivity index (χ0v) is 43.0. The summed E-state index contributed by atoms with van der Waals surface area (Å²) >= 11 is 0. The minimum atomic E-state index is -4.60. The van der Waals surface area contributed by atoms with E-state index in [1.165, 1.54) is 180 Å². The van der Waals surface area contributed by atoms with Gasteiger partial charge in [-0.3, -0.25) is 8.37 Å². The van der Waals surface area contributed by atoms with Crippen LogP contribution in [0.3, 0.4) is 0 Å². The number of hydrogen-bond acceptors (Lipinski definition) is 8. The number of hydrogen-bond donors (Lipinski definition) is 0. The van der Waals surface area contributed by atoms with Gasteiger partial charge in [0, 0.05) is 11.8 Å². The first-order valence-corrected chi connectivity index (χ1v) is 27.2. The molecule has 0 fully saturated rings. The van der Waals surface area contributed by atoms with Gasteiger partial charge in [-0.15, -0.1) is 0 Å². The molecular formula is C48H94CaO8S2. The molecule has 0 saturated heterocycles. The van der Waals surface area contributed by atoms with E-state index in [9.17, 15) is 25.9 Å². The van der Waals surface area contributed by atoms with E-state index < -0.39 is 20.8 Å². The Hall–Kier alpha value is 0.480. The molecule has 2 atom stereocenters. The number of rotatable bonds is 44. The summed E-state index contributed by atoms with van der Waals surface area (Å²) in [5.41, 5.74) is 0. The van der Waals surface area contributed by atoms with Crippen molar-refractivity contribution in [2.75, 3.05) is 13.2 Å². The Morgan fingerprint density at radius 1 is 0.373 bits per heavy atom. The molecule has 0 aromatic rings. The van der Waals surface area contributed by atoms with Gasteiger partial charge in [-0.2, -0.15) is 0 Å². The molecule has 0 rings (SSSR count). The fourth-order valence-electron chi connectivity index (χ4n) is 7.26. The molecule has 0 heterocycles. The van der Waals surface area contributed by atoms with Crippen LogP contribution in [0, 0.1) is 11.8 Å². The summed E-state index contributed by atoms with van der Waals surface area (Å²) in [5, 5.41) is 0. The second-order valence-corrected chi connectivity index (χ2v) is 18.9. The van der Waals surface area contributed by atoms with Gasteiger partial charge in [0.1, 0.15) is 0 Å². The van der Waals surface area contributed by atoms with Crippen LogP contribution in [-0.2, 0) is 29.2 Å². The van der Waals surface area contributed by atoms with Crippen LogP contribution in [0.1, 0.15) is 259 Å². The normalized spacial score (nSPS) is 13.1. The predicted octanol–water partition coefficient (Wildman–Crippen LogP) is 15.0. The van der Waals surface area contributed by atoms with E-state index in [1.807, 2.05) is 0 Å². The summed E-state index contributed by atoms with van der Waals surface area (Å²) in [6.45, 7) is 8.87. The van der Waals surface area contributed by atoms with Gasteiger partial charge in [0.05, 0.1) is 13.2 Å². The van der Waals surface area contributed by atoms with Crippen LogP contribution < -0.4 is 0 Å². The Morgan fingerprint density at radius 2 is 0.593 bits per heavy atom. The topological polar surface area (TPSA) is 133 Å². The predicted molar refractivity (Wildman–Crippen MR) is 251 cm³/mol. The third-order valence-corrected chi connectivity index (χ3v) is 11.8. The first-order chi connectivity index (χ1) is 28.0. The molecule has 0 saturated carbocycles. The minimum absolute atomic E-state index is 0. The van der Waals surface area contributed by atoms with E-state index in [4.69, 9.17) is 0 Å². The molecule has 0 aliphatic carbocycles. The van der Waals surface area contributed by atoms with Crippen molar-refractivity contribution in [2.45, 2.75) is 259 Å². The van der Waals surface area contributed by atoms with E-state index in [-0.39, 0.29) is 62.8 Å². The molecule has 11 heteroatoms. The minimum Gasteiger partial charge on any atom is -0.726 e. The van der Waals surface area contributed by atoms with Crippen molar-refractivity contribution in [1.29, 1.82) is 0 Å². The van der Waals surface area contributed by atoms with E-state index in [2.05, 4.69) is 60.4 Å². The van der Waals surface area contributed by atoms with E-state index in [1.54, 1.807) is 0 Å². The first kappa shape index (κ1) is 63.8. The standard InChI is InChI=1S/2C24H48O4S.Ca/c2*1-3-5-7-9-11-12-13-14-15-16-18-20-22-24(23-28-29(25,26)27)21-19-17-10-8-6-4-2;/h2*19,21,24H,3-18,20,22-23H2,1-2H3,(H,25,26,27);/q;;+2/p-2/b2*21-19+;. The van der Waals surface area contributed by atoms with E-state index in [0.29, 0.717) is 0 Å². The molecule has 0 N–H and O–H groups in total. The molecule has 8 nitrogen and oxygen atoms in total. The van der Waals surface area contributed by atoms with Gasteiger partial charge in [0.15, 0.2) is 0 Å². The maximum absolute atomic E-state index is 10.8. The molecule has 0 aliphatic rings. The fraction of sp³-hybridized carbons (Fsp3) is 0.917. The second-order valence-electron chi connectivity index (χ2n) is 16.8. The SMILES string of the molecule is CCCCCC/C=C/C(CCCCCCCCCCCCCC)COS(=O)(=O)[O-].CCCCCC/C=C/C(CCCCCCCCCCCCCC)COS(=O)(=O)[O-].[Ca+2]. The molecule has 0 amide bonds. The molecule has 2 unspecified atom stereocenters. The Balaban J connectivity index is -0.00000105. The molecule has 0 spiro atoms. The molecule has 348 valence electrons. The van der Waals surface area contributed by atoms with Crippen LogP contribution in [0.15, 0.2) is 24.3 Å². The number of unbranched alkanes of at least 4 members (excludes halogenated alkanes) is 30. The monoisotopic (exact) mass is 903 g/mol. The van der Waals surface area contributed by atoms with Crippen molar-refractivity contribution in [3.05, 3.63) is 24.3 Å². The molecular weight excluding hydrogens is 809 g/mol. The van der Waals surface area contributed by atoms with Gasteiger partial charge in [-0.25, -0.2) is 16.8 Å². The van der Waals surface area contributed by atoms with Crippen molar-refractivity contribution in [3.63, 3.8) is 0 Å². The largest absolute Gasteiger partial charge is 2.00 e. The van der Waals surface area contributed by atoms with Crippen molar-refractivity contribution < 1.29 is 34.3 Å². The van der Waals surface area contributed by atoms with Gasteiger partial charge in [0.25, 0.3) is 0 Å². The summed E-state index contributed by atoms with van der Waals surface area (Å²) in [6.07, 6.45) is 53.2. The van der Waals surface area contributed by atoms with Crippen LogP contribution in [0.4, 0.5) is 0 Å². The summed E-state index contributed by atoms with van der Waals surface area (Å²) in [7, 11) is -9.20. The first-order valence-electron chi connectivity index (χ1n) is 24.5. The zero-order chi connectivity index (χ0) is 43.3. The van der Waals surface area contributed by atoms with Crippen molar-refractivity contribution in [3.8, 4) is 0 Å². The second kappa shape index (κ2) is 49.5. The van der Waals surface area contributed by atoms with Gasteiger partial charge in [-0.1, -0.05) is 245 Å². The molecule has 0 bridgehead atoms. The zero-order valence-electron chi connectivity index (χ0n) is 39.1. The van der Waals surface area contributed by atoms with Gasteiger partial charge < -0.3 is 9.11 Å². The maximum atomic E-state index is 10.8. The van der Waals surface area contributed by atoms with Crippen LogP contribution in [0.25, 0.3) is 0 Å². The third-order valence-electron chi connectivity index (χ3n) is 11.0. The fourth-order valence-corrected chi connectivity index (χ4v) is 7.94. The van der Waals surface area contributed by atoms with Crippen molar-refractivity contribution in [2.24, 2.45) is 11.8 Å². The average molecular weight is 903 g/mol. The van der Waals surface area contributed by atoms with Gasteiger partial charge >= 0.3 is 37.7 Å². The number of allylic oxidation sites excluding steroid dienone is 2. The smallest absolute Gasteiger partial charge is 0.726 e. The Morgan fingerprint density at radius 3 is 0.831 bits per heavy atom. The van der Waals surface area contributed by atoms with Crippen LogP contribution in [-0.4, -0.2) is 76.9 Å². The van der Waals surface area contributed by atoms with Crippen LogP contribution in [0.2, 0.25) is 0 Å². The van der Waals surface area contributed by atoms with E-state index in [0.717, 1.165) is 51.4 Å². The summed E-state index contributed by atoms with van der Waals surface area (Å²) in [6, 6.07) is 0. The van der Waals surface area contributed by atoms with Crippen molar-refractivity contribution >= 4 is 58.5 Å².